The van der Waals surface area contributed by atoms with E-state index < -0.39 is 0 Å². The molecule has 0 aromatic rings. The molecule has 0 radical (unpaired) electrons. The summed E-state index contributed by atoms with van der Waals surface area (Å²) in [6.07, 6.45) is 8.53. The normalized spacial score (nSPS) is 36.0. The molecule has 0 spiro atoms. The predicted molar refractivity (Wildman–Crippen MR) is 103 cm³/mol. The maximum Gasteiger partial charge on any atom is 0.0682 e. The highest BCUT2D eigenvalue weighted by molar-refractivity contribution is 4.90. The van der Waals surface area contributed by atoms with Gasteiger partial charge in [0.1, 0.15) is 0 Å². The SMILES string of the molecule is CC(C)(C)C1CCC(NC[C@@H]2CC(O)CN2CC2CCOCC2)CC1. The van der Waals surface area contributed by atoms with Crippen molar-refractivity contribution >= 4 is 0 Å². The zero-order valence-corrected chi connectivity index (χ0v) is 16.7. The second kappa shape index (κ2) is 8.69. The summed E-state index contributed by atoms with van der Waals surface area (Å²) in [4.78, 5) is 2.55. The number of likely N-dealkylation sites (tertiary alicyclic amines) is 1. The van der Waals surface area contributed by atoms with Crippen LogP contribution in [-0.4, -0.2) is 61.0 Å². The van der Waals surface area contributed by atoms with Gasteiger partial charge in [0.05, 0.1) is 6.10 Å². The number of aliphatic hydroxyl groups is 1. The van der Waals surface area contributed by atoms with E-state index in [9.17, 15) is 5.11 Å². The molecule has 1 aliphatic carbocycles. The molecule has 4 heteroatoms. The third-order valence-corrected chi connectivity index (χ3v) is 6.93. The highest BCUT2D eigenvalue weighted by Gasteiger charge is 2.34. The Hall–Kier alpha value is -0.160. The van der Waals surface area contributed by atoms with Crippen LogP contribution in [0.4, 0.5) is 0 Å². The highest BCUT2D eigenvalue weighted by atomic mass is 16.5. The first kappa shape index (κ1) is 19.6. The molecule has 3 aliphatic rings. The lowest BCUT2D eigenvalue weighted by Crippen LogP contribution is -2.45. The van der Waals surface area contributed by atoms with Gasteiger partial charge in [-0.2, -0.15) is 0 Å². The summed E-state index contributed by atoms with van der Waals surface area (Å²) in [6, 6.07) is 1.19. The van der Waals surface area contributed by atoms with E-state index in [0.717, 1.165) is 51.1 Å². The van der Waals surface area contributed by atoms with E-state index in [1.54, 1.807) is 0 Å². The molecule has 0 bridgehead atoms. The van der Waals surface area contributed by atoms with Gasteiger partial charge in [0, 0.05) is 44.9 Å². The number of nitrogens with one attached hydrogen (secondary N) is 1. The molecule has 0 aromatic carbocycles. The smallest absolute Gasteiger partial charge is 0.0682 e. The fraction of sp³-hybridized carbons (Fsp3) is 1.00. The van der Waals surface area contributed by atoms with Crippen LogP contribution in [0.3, 0.4) is 0 Å². The second-order valence-electron chi connectivity index (χ2n) is 9.88. The van der Waals surface area contributed by atoms with Gasteiger partial charge in [-0.05, 0) is 62.2 Å². The standard InChI is InChI=1S/C21H40N2O2/c1-21(2,3)17-4-6-18(7-5-17)22-13-19-12-20(24)15-23(19)14-16-8-10-25-11-9-16/h16-20,22,24H,4-15H2,1-3H3/t17?,18?,19-,20?/m0/s1. The second-order valence-corrected chi connectivity index (χ2v) is 9.88. The van der Waals surface area contributed by atoms with E-state index in [1.165, 1.54) is 38.5 Å². The molecule has 0 amide bonds. The van der Waals surface area contributed by atoms with Crippen molar-refractivity contribution in [1.29, 1.82) is 0 Å². The summed E-state index contributed by atoms with van der Waals surface area (Å²) in [5.74, 6) is 1.63. The summed E-state index contributed by atoms with van der Waals surface area (Å²) in [6.45, 7) is 12.1. The van der Waals surface area contributed by atoms with Crippen LogP contribution in [0.25, 0.3) is 0 Å². The zero-order chi connectivity index (χ0) is 17.9. The first-order chi connectivity index (χ1) is 11.9. The summed E-state index contributed by atoms with van der Waals surface area (Å²) in [5, 5.41) is 14.0. The highest BCUT2D eigenvalue weighted by Crippen LogP contribution is 2.37. The van der Waals surface area contributed by atoms with E-state index in [0.29, 0.717) is 17.5 Å². The minimum absolute atomic E-state index is 0.136. The fourth-order valence-electron chi connectivity index (χ4n) is 5.12. The number of aliphatic hydroxyl groups excluding tert-OH is 1. The minimum Gasteiger partial charge on any atom is -0.392 e. The number of nitrogens with zero attached hydrogens (tertiary/aromatic N) is 1. The Morgan fingerprint density at radius 2 is 1.72 bits per heavy atom. The van der Waals surface area contributed by atoms with Gasteiger partial charge >= 0.3 is 0 Å². The molecule has 2 heterocycles. The first-order valence-electron chi connectivity index (χ1n) is 10.6. The molecule has 2 aliphatic heterocycles. The number of hydrogen-bond donors (Lipinski definition) is 2. The van der Waals surface area contributed by atoms with Crippen LogP contribution in [0.15, 0.2) is 0 Å². The molecule has 2 atom stereocenters. The van der Waals surface area contributed by atoms with Crippen LogP contribution in [0.1, 0.15) is 65.7 Å². The molecule has 146 valence electrons. The van der Waals surface area contributed by atoms with E-state index in [-0.39, 0.29) is 6.10 Å². The number of hydrogen-bond acceptors (Lipinski definition) is 4. The van der Waals surface area contributed by atoms with Crippen molar-refractivity contribution in [2.45, 2.75) is 83.9 Å². The molecule has 1 saturated carbocycles. The lowest BCUT2D eigenvalue weighted by Gasteiger charge is -2.38. The maximum atomic E-state index is 10.2. The van der Waals surface area contributed by atoms with Crippen molar-refractivity contribution in [3.63, 3.8) is 0 Å². The van der Waals surface area contributed by atoms with Crippen molar-refractivity contribution in [3.8, 4) is 0 Å². The van der Waals surface area contributed by atoms with Gasteiger partial charge in [-0.25, -0.2) is 0 Å². The lowest BCUT2D eigenvalue weighted by atomic mass is 9.71. The van der Waals surface area contributed by atoms with E-state index in [2.05, 4.69) is 31.0 Å². The van der Waals surface area contributed by atoms with E-state index in [1.807, 2.05) is 0 Å². The Morgan fingerprint density at radius 3 is 2.36 bits per heavy atom. The van der Waals surface area contributed by atoms with Gasteiger partial charge in [0.25, 0.3) is 0 Å². The summed E-state index contributed by atoms with van der Waals surface area (Å²) in [7, 11) is 0. The Bertz CT molecular complexity index is 395. The topological polar surface area (TPSA) is 44.7 Å². The quantitative estimate of drug-likeness (QED) is 0.798. The largest absolute Gasteiger partial charge is 0.392 e. The van der Waals surface area contributed by atoms with Gasteiger partial charge in [-0.15, -0.1) is 0 Å². The molecule has 3 fully saturated rings. The van der Waals surface area contributed by atoms with Crippen LogP contribution >= 0.6 is 0 Å². The minimum atomic E-state index is -0.136. The summed E-state index contributed by atoms with van der Waals surface area (Å²) in [5.41, 5.74) is 0.459. The Labute approximate surface area is 154 Å². The van der Waals surface area contributed by atoms with Crippen LogP contribution in [0.5, 0.6) is 0 Å². The molecule has 25 heavy (non-hydrogen) atoms. The third kappa shape index (κ3) is 5.66. The molecular weight excluding hydrogens is 312 g/mol. The summed E-state index contributed by atoms with van der Waals surface area (Å²) < 4.78 is 5.49. The third-order valence-electron chi connectivity index (χ3n) is 6.93. The molecule has 3 rings (SSSR count). The molecule has 0 aromatic heterocycles. The molecule has 2 saturated heterocycles. The van der Waals surface area contributed by atoms with Crippen LogP contribution in [0, 0.1) is 17.3 Å². The van der Waals surface area contributed by atoms with Crippen molar-refractivity contribution in [2.24, 2.45) is 17.3 Å². The Morgan fingerprint density at radius 1 is 1.04 bits per heavy atom. The van der Waals surface area contributed by atoms with Crippen LogP contribution in [0.2, 0.25) is 0 Å². The predicted octanol–water partition coefficient (Wildman–Crippen LogP) is 3.04. The monoisotopic (exact) mass is 352 g/mol. The van der Waals surface area contributed by atoms with Crippen molar-refractivity contribution < 1.29 is 9.84 Å². The average Bonchev–Trinajstić information content (AvgIpc) is 2.93. The number of ether oxygens (including phenoxy) is 1. The van der Waals surface area contributed by atoms with Gasteiger partial charge in [0.15, 0.2) is 0 Å². The fourth-order valence-corrected chi connectivity index (χ4v) is 5.12. The Balaban J connectivity index is 1.42. The number of rotatable bonds is 5. The van der Waals surface area contributed by atoms with Gasteiger partial charge < -0.3 is 15.2 Å². The Kier molecular flexibility index (Phi) is 6.81. The maximum absolute atomic E-state index is 10.2. The van der Waals surface area contributed by atoms with Crippen LogP contribution in [-0.2, 0) is 4.74 Å². The molecular formula is C21H40N2O2. The summed E-state index contributed by atoms with van der Waals surface area (Å²) >= 11 is 0. The average molecular weight is 353 g/mol. The van der Waals surface area contributed by atoms with E-state index >= 15 is 0 Å². The van der Waals surface area contributed by atoms with Gasteiger partial charge in [-0.1, -0.05) is 20.8 Å². The van der Waals surface area contributed by atoms with Crippen molar-refractivity contribution in [2.75, 3.05) is 32.8 Å². The van der Waals surface area contributed by atoms with Crippen molar-refractivity contribution in [1.82, 2.24) is 10.2 Å². The van der Waals surface area contributed by atoms with Gasteiger partial charge in [0.2, 0.25) is 0 Å². The first-order valence-corrected chi connectivity index (χ1v) is 10.6. The van der Waals surface area contributed by atoms with Crippen LogP contribution < -0.4 is 5.32 Å². The lowest BCUT2D eigenvalue weighted by molar-refractivity contribution is 0.0489. The van der Waals surface area contributed by atoms with Gasteiger partial charge in [-0.3, -0.25) is 4.90 Å². The van der Waals surface area contributed by atoms with E-state index in [4.69, 9.17) is 4.74 Å². The zero-order valence-electron chi connectivity index (χ0n) is 16.7. The number of β-amino-alcohol motifs (C(OH)–C–C–N with tert-alkyl or cyclic N) is 1. The van der Waals surface area contributed by atoms with Crippen molar-refractivity contribution in [3.05, 3.63) is 0 Å². The molecule has 2 N–H and O–H groups in total. The molecule has 4 nitrogen and oxygen atoms in total. The molecule has 1 unspecified atom stereocenters.